The van der Waals surface area contributed by atoms with Gasteiger partial charge in [-0.1, -0.05) is 17.7 Å². The molecular weight excluding hydrogens is 412 g/mol. The van der Waals surface area contributed by atoms with Gasteiger partial charge in [0.15, 0.2) is 0 Å². The van der Waals surface area contributed by atoms with E-state index in [1.807, 2.05) is 0 Å². The number of anilines is 1. The van der Waals surface area contributed by atoms with Crippen LogP contribution in [-0.2, 0) is 9.59 Å². The Balaban J connectivity index is 1.67. The van der Waals surface area contributed by atoms with Crippen LogP contribution >= 0.6 is 27.5 Å². The van der Waals surface area contributed by atoms with Gasteiger partial charge in [-0.3, -0.25) is 24.8 Å². The normalized spacial score (nSPS) is 17.0. The van der Waals surface area contributed by atoms with Gasteiger partial charge >= 0.3 is 0 Å². The molecule has 3 amide bonds. The van der Waals surface area contributed by atoms with Crippen molar-refractivity contribution in [3.05, 3.63) is 57.8 Å². The number of halogens is 2. The van der Waals surface area contributed by atoms with Crippen molar-refractivity contribution in [2.75, 3.05) is 4.90 Å². The second-order valence-electron chi connectivity index (χ2n) is 5.29. The highest BCUT2D eigenvalue weighted by atomic mass is 79.9. The minimum atomic E-state index is -0.851. The van der Waals surface area contributed by atoms with Crippen molar-refractivity contribution in [3.8, 4) is 0 Å². The fourth-order valence-corrected chi connectivity index (χ4v) is 2.94. The molecule has 25 heavy (non-hydrogen) atoms. The van der Waals surface area contributed by atoms with Crippen molar-refractivity contribution in [2.45, 2.75) is 12.5 Å². The van der Waals surface area contributed by atoms with Crippen LogP contribution in [0.1, 0.15) is 16.8 Å². The van der Waals surface area contributed by atoms with Crippen LogP contribution in [0.15, 0.2) is 47.2 Å². The highest BCUT2D eigenvalue weighted by molar-refractivity contribution is 9.10. The predicted octanol–water partition coefficient (Wildman–Crippen LogP) is 2.06. The molecule has 9 heteroatoms. The first-order chi connectivity index (χ1) is 12.0. The van der Waals surface area contributed by atoms with Gasteiger partial charge in [-0.25, -0.2) is 10.3 Å². The van der Waals surface area contributed by atoms with Gasteiger partial charge < -0.3 is 0 Å². The molecule has 2 N–H and O–H groups in total. The molecule has 0 radical (unpaired) electrons. The Morgan fingerprint density at radius 2 is 2.08 bits per heavy atom. The van der Waals surface area contributed by atoms with Crippen LogP contribution < -0.4 is 15.8 Å². The summed E-state index contributed by atoms with van der Waals surface area (Å²) in [7, 11) is 0. The number of carbonyl (C=O) groups is 3. The van der Waals surface area contributed by atoms with Crippen molar-refractivity contribution in [1.29, 1.82) is 0 Å². The van der Waals surface area contributed by atoms with Gasteiger partial charge in [0.2, 0.25) is 5.91 Å². The average molecular weight is 424 g/mol. The zero-order valence-corrected chi connectivity index (χ0v) is 15.0. The highest BCUT2D eigenvalue weighted by Crippen LogP contribution is 2.25. The monoisotopic (exact) mass is 422 g/mol. The van der Waals surface area contributed by atoms with E-state index in [4.69, 9.17) is 11.6 Å². The number of rotatable bonds is 4. The minimum absolute atomic E-state index is 0.0671. The Morgan fingerprint density at radius 1 is 1.28 bits per heavy atom. The van der Waals surface area contributed by atoms with Crippen LogP contribution in [0.5, 0.6) is 0 Å². The number of nitrogens with one attached hydrogen (secondary N) is 2. The van der Waals surface area contributed by atoms with Crippen molar-refractivity contribution in [1.82, 2.24) is 15.8 Å². The van der Waals surface area contributed by atoms with Gasteiger partial charge in [-0.15, -0.1) is 0 Å². The Hall–Kier alpha value is -2.29. The van der Waals surface area contributed by atoms with Crippen LogP contribution in [-0.4, -0.2) is 28.7 Å². The molecule has 1 aliphatic heterocycles. The van der Waals surface area contributed by atoms with E-state index < -0.39 is 17.9 Å². The maximum absolute atomic E-state index is 12.5. The second-order valence-corrected chi connectivity index (χ2v) is 6.65. The Labute approximate surface area is 156 Å². The number of hydrogen-bond acceptors (Lipinski definition) is 5. The van der Waals surface area contributed by atoms with E-state index in [2.05, 4.69) is 31.8 Å². The van der Waals surface area contributed by atoms with Crippen molar-refractivity contribution in [3.63, 3.8) is 0 Å². The third-order valence-electron chi connectivity index (χ3n) is 3.54. The molecule has 0 unspecified atom stereocenters. The number of aromatic nitrogens is 1. The van der Waals surface area contributed by atoms with Crippen molar-refractivity contribution >= 4 is 50.9 Å². The summed E-state index contributed by atoms with van der Waals surface area (Å²) in [6.45, 7) is 0. The molecular formula is C16H12BrClN4O3. The summed E-state index contributed by atoms with van der Waals surface area (Å²) >= 11 is 9.13. The number of imide groups is 1. The van der Waals surface area contributed by atoms with Gasteiger partial charge in [-0.05, 0) is 40.2 Å². The summed E-state index contributed by atoms with van der Waals surface area (Å²) < 4.78 is 0.652. The van der Waals surface area contributed by atoms with Crippen LogP contribution in [0, 0.1) is 0 Å². The molecule has 2 aromatic rings. The standard InChI is InChI=1S/C16H12BrClN4O3/c17-10-4-9(7-19-8-10)15(24)21-20-13-6-14(23)22(16(13)25)12-3-1-2-11(18)5-12/h1-5,7-8,13,20H,6H2,(H,21,24)/t13-/m1/s1. The van der Waals surface area contributed by atoms with Crippen molar-refractivity contribution in [2.24, 2.45) is 0 Å². The number of benzene rings is 1. The number of amides is 3. The number of nitrogens with zero attached hydrogens (tertiary/aromatic N) is 2. The second kappa shape index (κ2) is 7.30. The Bertz CT molecular complexity index is 861. The van der Waals surface area contributed by atoms with Crippen LogP contribution in [0.4, 0.5) is 5.69 Å². The third-order valence-corrected chi connectivity index (χ3v) is 4.21. The molecule has 1 fully saturated rings. The first-order valence-electron chi connectivity index (χ1n) is 7.24. The van der Waals surface area contributed by atoms with Gasteiger partial charge in [0.05, 0.1) is 17.7 Å². The molecule has 0 bridgehead atoms. The van der Waals surface area contributed by atoms with E-state index in [1.165, 1.54) is 12.3 Å². The van der Waals surface area contributed by atoms with Gasteiger partial charge in [0, 0.05) is 21.9 Å². The summed E-state index contributed by atoms with van der Waals surface area (Å²) in [4.78, 5) is 41.6. The molecule has 0 aliphatic carbocycles. The minimum Gasteiger partial charge on any atom is -0.287 e. The summed E-state index contributed by atoms with van der Waals surface area (Å²) in [5, 5.41) is 0.421. The van der Waals surface area contributed by atoms with Crippen LogP contribution in [0.3, 0.4) is 0 Å². The van der Waals surface area contributed by atoms with E-state index >= 15 is 0 Å². The summed E-state index contributed by atoms with van der Waals surface area (Å²) in [6, 6.07) is 7.19. The summed E-state index contributed by atoms with van der Waals surface area (Å²) in [6.07, 6.45) is 2.87. The smallest absolute Gasteiger partial charge is 0.266 e. The zero-order valence-electron chi connectivity index (χ0n) is 12.7. The molecule has 0 spiro atoms. The fraction of sp³-hybridized carbons (Fsp3) is 0.125. The number of pyridine rings is 1. The zero-order chi connectivity index (χ0) is 18.0. The average Bonchev–Trinajstić information content (AvgIpc) is 2.86. The summed E-state index contributed by atoms with van der Waals surface area (Å²) in [5.74, 6) is -1.29. The van der Waals surface area contributed by atoms with Crippen molar-refractivity contribution < 1.29 is 14.4 Å². The lowest BCUT2D eigenvalue weighted by Gasteiger charge is -2.16. The lowest BCUT2D eigenvalue weighted by atomic mass is 10.2. The molecule has 1 aromatic carbocycles. The van der Waals surface area contributed by atoms with E-state index in [0.717, 1.165) is 4.90 Å². The first-order valence-corrected chi connectivity index (χ1v) is 8.41. The lowest BCUT2D eigenvalue weighted by Crippen LogP contribution is -2.48. The van der Waals surface area contributed by atoms with Gasteiger partial charge in [0.1, 0.15) is 6.04 Å². The molecule has 3 rings (SSSR count). The number of hydrogen-bond donors (Lipinski definition) is 2. The third kappa shape index (κ3) is 3.87. The maximum Gasteiger partial charge on any atom is 0.266 e. The molecule has 1 saturated heterocycles. The highest BCUT2D eigenvalue weighted by Gasteiger charge is 2.39. The van der Waals surface area contributed by atoms with E-state index in [-0.39, 0.29) is 12.3 Å². The SMILES string of the molecule is O=C(NN[C@@H]1CC(=O)N(c2cccc(Cl)c2)C1=O)c1cncc(Br)c1. The molecule has 1 aliphatic rings. The quantitative estimate of drug-likeness (QED) is 0.580. The molecule has 0 saturated carbocycles. The van der Waals surface area contributed by atoms with E-state index in [0.29, 0.717) is 20.7 Å². The van der Waals surface area contributed by atoms with E-state index in [1.54, 1.807) is 30.5 Å². The fourth-order valence-electron chi connectivity index (χ4n) is 2.39. The topological polar surface area (TPSA) is 91.4 Å². The molecule has 1 aromatic heterocycles. The molecule has 2 heterocycles. The van der Waals surface area contributed by atoms with Crippen LogP contribution in [0.2, 0.25) is 5.02 Å². The van der Waals surface area contributed by atoms with E-state index in [9.17, 15) is 14.4 Å². The number of carbonyl (C=O) groups excluding carboxylic acids is 3. The molecule has 1 atom stereocenters. The Kier molecular flexibility index (Phi) is 5.12. The van der Waals surface area contributed by atoms with Gasteiger partial charge in [0.25, 0.3) is 11.8 Å². The van der Waals surface area contributed by atoms with Gasteiger partial charge in [-0.2, -0.15) is 0 Å². The lowest BCUT2D eigenvalue weighted by molar-refractivity contribution is -0.121. The summed E-state index contributed by atoms with van der Waals surface area (Å²) in [5.41, 5.74) is 5.74. The Morgan fingerprint density at radius 3 is 2.80 bits per heavy atom. The predicted molar refractivity (Wildman–Crippen MR) is 94.9 cm³/mol. The molecule has 7 nitrogen and oxygen atoms in total. The van der Waals surface area contributed by atoms with Crippen LogP contribution in [0.25, 0.3) is 0 Å². The first kappa shape index (κ1) is 17.5. The maximum atomic E-state index is 12.5. The largest absolute Gasteiger partial charge is 0.287 e. The molecule has 128 valence electrons. The number of hydrazine groups is 1.